The molecule has 102 valence electrons. The first kappa shape index (κ1) is 11.0. The van der Waals surface area contributed by atoms with Crippen LogP contribution in [0.25, 0.3) is 17.0 Å². The predicted molar refractivity (Wildman–Crippen MR) is 84.5 cm³/mol. The molecule has 3 aromatic rings. The number of benzene rings is 2. The first-order chi connectivity index (χ1) is 10.3. The monoisotopic (exact) mass is 274 g/mol. The molecule has 21 heavy (non-hydrogen) atoms. The molecule has 3 heterocycles. The average Bonchev–Trinajstić information content (AvgIpc) is 3.05. The number of para-hydroxylation sites is 2. The van der Waals surface area contributed by atoms with Crippen molar-refractivity contribution < 1.29 is 4.74 Å². The molecule has 2 N–H and O–H groups in total. The van der Waals surface area contributed by atoms with Crippen LogP contribution in [0, 0.1) is 0 Å². The van der Waals surface area contributed by atoms with Crippen LogP contribution < -0.4 is 10.1 Å². The second-order valence-corrected chi connectivity index (χ2v) is 5.70. The van der Waals surface area contributed by atoms with Gasteiger partial charge in [0.05, 0.1) is 5.69 Å². The number of rotatable bonds is 0. The van der Waals surface area contributed by atoms with Crippen molar-refractivity contribution >= 4 is 22.7 Å². The van der Waals surface area contributed by atoms with Crippen LogP contribution in [0.2, 0.25) is 0 Å². The van der Waals surface area contributed by atoms with Gasteiger partial charge in [0, 0.05) is 23.0 Å². The van der Waals surface area contributed by atoms with Crippen LogP contribution in [0.5, 0.6) is 5.75 Å². The Morgan fingerprint density at radius 1 is 1.00 bits per heavy atom. The Labute approximate surface area is 122 Å². The van der Waals surface area contributed by atoms with Crippen LogP contribution in [-0.4, -0.2) is 10.7 Å². The third-order valence-corrected chi connectivity index (χ3v) is 4.31. The van der Waals surface area contributed by atoms with Gasteiger partial charge >= 0.3 is 0 Å². The fraction of sp³-hybridized carbons (Fsp3) is 0.111. The Morgan fingerprint density at radius 3 is 2.81 bits per heavy atom. The zero-order valence-electron chi connectivity index (χ0n) is 11.4. The van der Waals surface area contributed by atoms with Crippen molar-refractivity contribution in [3.8, 4) is 5.75 Å². The standard InChI is InChI=1S/C18H14N2O/c1-3-7-14-12(5-1)11-18(20-14)10-9-16-17(21-18)13-6-2-4-8-15(13)19-16/h1-10,19-20H,11H2. The van der Waals surface area contributed by atoms with Gasteiger partial charge in [-0.25, -0.2) is 0 Å². The van der Waals surface area contributed by atoms with Gasteiger partial charge < -0.3 is 15.0 Å². The molecule has 1 spiro atoms. The summed E-state index contributed by atoms with van der Waals surface area (Å²) in [6.45, 7) is 0. The zero-order chi connectivity index (χ0) is 13.9. The largest absolute Gasteiger partial charge is 0.461 e. The van der Waals surface area contributed by atoms with Crippen molar-refractivity contribution in [3.63, 3.8) is 0 Å². The summed E-state index contributed by atoms with van der Waals surface area (Å²) in [6, 6.07) is 16.6. The molecule has 1 aromatic heterocycles. The highest BCUT2D eigenvalue weighted by atomic mass is 16.5. The smallest absolute Gasteiger partial charge is 0.204 e. The number of aromatic nitrogens is 1. The summed E-state index contributed by atoms with van der Waals surface area (Å²) in [5.41, 5.74) is 4.15. The van der Waals surface area contributed by atoms with Crippen LogP contribution in [0.1, 0.15) is 11.3 Å². The maximum atomic E-state index is 6.39. The van der Waals surface area contributed by atoms with Crippen molar-refractivity contribution in [3.05, 3.63) is 65.9 Å². The molecular formula is C18H14N2O. The van der Waals surface area contributed by atoms with E-state index < -0.39 is 5.72 Å². The van der Waals surface area contributed by atoms with E-state index in [4.69, 9.17) is 4.74 Å². The Bertz CT molecular complexity index is 866. The van der Waals surface area contributed by atoms with Gasteiger partial charge in [-0.2, -0.15) is 0 Å². The van der Waals surface area contributed by atoms with E-state index in [9.17, 15) is 0 Å². The van der Waals surface area contributed by atoms with Gasteiger partial charge in [0.15, 0.2) is 5.75 Å². The molecule has 0 bridgehead atoms. The number of hydrogen-bond acceptors (Lipinski definition) is 2. The number of hydrogen-bond donors (Lipinski definition) is 2. The average molecular weight is 274 g/mol. The number of ether oxygens (including phenoxy) is 1. The summed E-state index contributed by atoms with van der Waals surface area (Å²) in [5, 5.41) is 4.66. The van der Waals surface area contributed by atoms with Gasteiger partial charge in [-0.1, -0.05) is 30.3 Å². The minimum absolute atomic E-state index is 0.457. The highest BCUT2D eigenvalue weighted by Crippen LogP contribution is 2.42. The second kappa shape index (κ2) is 3.70. The summed E-state index contributed by atoms with van der Waals surface area (Å²) in [6.07, 6.45) is 5.08. The van der Waals surface area contributed by atoms with E-state index in [0.29, 0.717) is 0 Å². The third-order valence-electron chi connectivity index (χ3n) is 4.31. The van der Waals surface area contributed by atoms with Gasteiger partial charge in [-0.05, 0) is 35.9 Å². The third kappa shape index (κ3) is 1.49. The predicted octanol–water partition coefficient (Wildman–Crippen LogP) is 3.94. The lowest BCUT2D eigenvalue weighted by atomic mass is 10.0. The van der Waals surface area contributed by atoms with Crippen molar-refractivity contribution in [2.75, 3.05) is 5.32 Å². The maximum absolute atomic E-state index is 6.39. The Morgan fingerprint density at radius 2 is 1.86 bits per heavy atom. The Kier molecular flexibility index (Phi) is 1.94. The molecule has 0 radical (unpaired) electrons. The minimum Gasteiger partial charge on any atom is -0.461 e. The maximum Gasteiger partial charge on any atom is 0.204 e. The highest BCUT2D eigenvalue weighted by Gasteiger charge is 2.39. The van der Waals surface area contributed by atoms with E-state index in [1.807, 2.05) is 12.1 Å². The summed E-state index contributed by atoms with van der Waals surface area (Å²) >= 11 is 0. The van der Waals surface area contributed by atoms with Crippen molar-refractivity contribution in [2.45, 2.75) is 12.1 Å². The molecule has 0 fully saturated rings. The van der Waals surface area contributed by atoms with Gasteiger partial charge in [-0.15, -0.1) is 0 Å². The summed E-state index contributed by atoms with van der Waals surface area (Å²) < 4.78 is 6.39. The molecule has 2 aliphatic rings. The van der Waals surface area contributed by atoms with Crippen molar-refractivity contribution in [1.29, 1.82) is 0 Å². The van der Waals surface area contributed by atoms with Crippen LogP contribution in [0.15, 0.2) is 54.6 Å². The summed E-state index contributed by atoms with van der Waals surface area (Å²) in [5.74, 6) is 0.938. The van der Waals surface area contributed by atoms with Gasteiger partial charge in [0.1, 0.15) is 0 Å². The number of fused-ring (bicyclic) bond motifs is 4. The fourth-order valence-corrected chi connectivity index (χ4v) is 3.31. The Balaban J connectivity index is 1.63. The topological polar surface area (TPSA) is 37.0 Å². The van der Waals surface area contributed by atoms with Gasteiger partial charge in [-0.3, -0.25) is 0 Å². The molecule has 0 amide bonds. The molecule has 5 rings (SSSR count). The molecule has 0 saturated heterocycles. The molecule has 0 saturated carbocycles. The molecule has 3 heteroatoms. The van der Waals surface area contributed by atoms with Crippen LogP contribution >= 0.6 is 0 Å². The van der Waals surface area contributed by atoms with E-state index in [-0.39, 0.29) is 0 Å². The number of nitrogens with one attached hydrogen (secondary N) is 2. The van der Waals surface area contributed by atoms with Crippen LogP contribution in [0.4, 0.5) is 5.69 Å². The van der Waals surface area contributed by atoms with Crippen LogP contribution in [0.3, 0.4) is 0 Å². The summed E-state index contributed by atoms with van der Waals surface area (Å²) in [7, 11) is 0. The fourth-order valence-electron chi connectivity index (χ4n) is 3.31. The van der Waals surface area contributed by atoms with E-state index in [1.165, 1.54) is 5.56 Å². The van der Waals surface area contributed by atoms with E-state index in [2.05, 4.69) is 58.9 Å². The molecule has 3 nitrogen and oxygen atoms in total. The van der Waals surface area contributed by atoms with E-state index in [0.717, 1.165) is 34.5 Å². The normalized spacial score (nSPS) is 21.9. The number of anilines is 1. The Hall–Kier alpha value is -2.68. The minimum atomic E-state index is -0.457. The molecule has 2 aromatic carbocycles. The number of H-pyrrole nitrogens is 1. The lowest BCUT2D eigenvalue weighted by Crippen LogP contribution is -2.41. The zero-order valence-corrected chi connectivity index (χ0v) is 11.4. The SMILES string of the molecule is C1=CC2(Cc3ccccc3N2)Oc2c1[nH]c1ccccc21. The van der Waals surface area contributed by atoms with Crippen molar-refractivity contribution in [2.24, 2.45) is 0 Å². The lowest BCUT2D eigenvalue weighted by Gasteiger charge is -2.30. The molecule has 2 aliphatic heterocycles. The summed E-state index contributed by atoms with van der Waals surface area (Å²) in [4.78, 5) is 3.40. The molecule has 0 aliphatic carbocycles. The van der Waals surface area contributed by atoms with E-state index in [1.54, 1.807) is 0 Å². The van der Waals surface area contributed by atoms with E-state index >= 15 is 0 Å². The van der Waals surface area contributed by atoms with Gasteiger partial charge in [0.25, 0.3) is 0 Å². The highest BCUT2D eigenvalue weighted by molar-refractivity contribution is 5.91. The molecule has 1 atom stereocenters. The first-order valence-electron chi connectivity index (χ1n) is 7.18. The second-order valence-electron chi connectivity index (χ2n) is 5.70. The quantitative estimate of drug-likeness (QED) is 0.651. The lowest BCUT2D eigenvalue weighted by molar-refractivity contribution is 0.158. The van der Waals surface area contributed by atoms with Crippen molar-refractivity contribution in [1.82, 2.24) is 4.98 Å². The first-order valence-corrected chi connectivity index (χ1v) is 7.18. The molecule has 1 unspecified atom stereocenters. The van der Waals surface area contributed by atoms with Crippen LogP contribution in [-0.2, 0) is 6.42 Å². The van der Waals surface area contributed by atoms with Gasteiger partial charge in [0.2, 0.25) is 5.72 Å². The molecular weight excluding hydrogens is 260 g/mol. The number of aromatic amines is 1.